The Labute approximate surface area is 316 Å². The molecule has 1 saturated heterocycles. The number of thiol groups is 1. The molecule has 0 radical (unpaired) electrons. The Kier molecular flexibility index (Phi) is 11.5. The van der Waals surface area contributed by atoms with Gasteiger partial charge in [0.1, 0.15) is 30.2 Å². The van der Waals surface area contributed by atoms with Gasteiger partial charge in [0.2, 0.25) is 5.91 Å². The lowest BCUT2D eigenvalue weighted by Gasteiger charge is -2.47. The van der Waals surface area contributed by atoms with E-state index in [9.17, 15) is 29.3 Å². The van der Waals surface area contributed by atoms with Crippen molar-refractivity contribution in [2.45, 2.75) is 38.9 Å². The molecule has 0 spiro atoms. The van der Waals surface area contributed by atoms with Gasteiger partial charge < -0.3 is 18.6 Å². The van der Waals surface area contributed by atoms with E-state index in [1.54, 1.807) is 0 Å². The van der Waals surface area contributed by atoms with E-state index < -0.39 is 46.9 Å². The summed E-state index contributed by atoms with van der Waals surface area (Å²) in [6.45, 7) is -1.21. The lowest BCUT2D eigenvalue weighted by molar-refractivity contribution is -0.384. The maximum Gasteiger partial charge on any atom is 0.356 e. The van der Waals surface area contributed by atoms with Crippen LogP contribution in [0.1, 0.15) is 30.9 Å². The molecule has 0 aliphatic carbocycles. The van der Waals surface area contributed by atoms with E-state index in [2.05, 4.69) is 0 Å². The molecular weight excluding hydrogens is 731 g/mol. The number of β-lactam (4-membered cyclic amide) rings is 1. The maximum atomic E-state index is 14.9. The number of hydrogen-bond acceptors (Lipinski definition) is 11. The summed E-state index contributed by atoms with van der Waals surface area (Å²) >= 11 is 4.93. The molecule has 4 aromatic carbocycles. The molecule has 14 heteroatoms. The van der Waals surface area contributed by atoms with E-state index in [-0.39, 0.29) is 48.0 Å². The Balaban J connectivity index is 1.50. The molecular formula is C40H35N2O10PS. The number of non-ortho nitro benzene ring substituents is 1. The van der Waals surface area contributed by atoms with Gasteiger partial charge in [-0.2, -0.15) is 12.6 Å². The number of carbonyl (C=O) groups is 4. The Morgan fingerprint density at radius 1 is 0.796 bits per heavy atom. The van der Waals surface area contributed by atoms with Crippen LogP contribution in [0.25, 0.3) is 0 Å². The molecule has 1 aromatic heterocycles. The summed E-state index contributed by atoms with van der Waals surface area (Å²) in [7, 11) is 0. The molecule has 6 rings (SSSR count). The third-order valence-corrected chi connectivity index (χ3v) is 13.6. The molecule has 1 amide bonds. The van der Waals surface area contributed by atoms with E-state index in [0.717, 1.165) is 15.9 Å². The average molecular weight is 767 g/mol. The summed E-state index contributed by atoms with van der Waals surface area (Å²) in [5.41, 5.74) is 0.484. The van der Waals surface area contributed by atoms with E-state index in [0.29, 0.717) is 5.56 Å². The number of nitrogens with zero attached hydrogens (tertiary/aromatic N) is 2. The minimum atomic E-state index is -3.24. The van der Waals surface area contributed by atoms with Crippen LogP contribution < -0.4 is 20.7 Å². The highest BCUT2D eigenvalue weighted by Gasteiger charge is 2.53. The van der Waals surface area contributed by atoms with Crippen LogP contribution in [0.5, 0.6) is 5.75 Å². The van der Waals surface area contributed by atoms with Gasteiger partial charge in [0.25, 0.3) is 5.69 Å². The number of esters is 3. The molecule has 0 bridgehead atoms. The second kappa shape index (κ2) is 16.4. The van der Waals surface area contributed by atoms with Gasteiger partial charge in [-0.1, -0.05) is 91.0 Å². The molecule has 1 fully saturated rings. The predicted octanol–water partition coefficient (Wildman–Crippen LogP) is 5.30. The van der Waals surface area contributed by atoms with Crippen LogP contribution in [0.15, 0.2) is 126 Å². The number of benzene rings is 4. The van der Waals surface area contributed by atoms with Crippen LogP contribution in [0, 0.1) is 16.0 Å². The third-order valence-electron chi connectivity index (χ3n) is 8.75. The molecule has 0 saturated carbocycles. The summed E-state index contributed by atoms with van der Waals surface area (Å²) in [5, 5.41) is 12.7. The Bertz CT molecular complexity index is 2140. The van der Waals surface area contributed by atoms with Crippen molar-refractivity contribution in [3.63, 3.8) is 0 Å². The van der Waals surface area contributed by atoms with Crippen LogP contribution in [-0.4, -0.2) is 44.4 Å². The van der Waals surface area contributed by atoms with Crippen LogP contribution >= 0.6 is 19.5 Å². The van der Waals surface area contributed by atoms with Gasteiger partial charge in [0.15, 0.2) is 5.75 Å². The first-order chi connectivity index (χ1) is 26.0. The fourth-order valence-electron chi connectivity index (χ4n) is 6.34. The lowest BCUT2D eigenvalue weighted by Crippen LogP contribution is -2.64. The van der Waals surface area contributed by atoms with Crippen molar-refractivity contribution in [3.05, 3.63) is 149 Å². The molecule has 54 heavy (non-hydrogen) atoms. The summed E-state index contributed by atoms with van der Waals surface area (Å²) in [6, 6.07) is 35.5. The highest BCUT2D eigenvalue weighted by Crippen LogP contribution is 2.50. The molecule has 5 aromatic rings. The van der Waals surface area contributed by atoms with Crippen LogP contribution in [-0.2, 0) is 48.3 Å². The summed E-state index contributed by atoms with van der Waals surface area (Å²) in [6.07, 6.45) is -0.0508. The molecule has 1 aliphatic heterocycles. The van der Waals surface area contributed by atoms with Gasteiger partial charge >= 0.3 is 17.9 Å². The van der Waals surface area contributed by atoms with Crippen molar-refractivity contribution < 1.29 is 42.7 Å². The van der Waals surface area contributed by atoms with Crippen molar-refractivity contribution in [1.82, 2.24) is 4.90 Å². The van der Waals surface area contributed by atoms with Gasteiger partial charge in [0, 0.05) is 45.4 Å². The highest BCUT2D eigenvalue weighted by molar-refractivity contribution is 7.96. The minimum Gasteiger partial charge on any atom is -0.458 e. The van der Waals surface area contributed by atoms with E-state index >= 15 is 0 Å². The van der Waals surface area contributed by atoms with Gasteiger partial charge in [-0.3, -0.25) is 29.4 Å². The van der Waals surface area contributed by atoms with Crippen LogP contribution in [0.4, 0.5) is 5.69 Å². The fourth-order valence-corrected chi connectivity index (χ4v) is 11.3. The second-order valence-corrected chi connectivity index (χ2v) is 16.2. The number of likely N-dealkylation sites (tertiary alicyclic amines) is 1. The lowest BCUT2D eigenvalue weighted by atomic mass is 9.93. The number of amides is 1. The fraction of sp³-hybridized carbons (Fsp3) is 0.175. The Morgan fingerprint density at radius 2 is 1.33 bits per heavy atom. The Morgan fingerprint density at radius 3 is 1.80 bits per heavy atom. The molecule has 12 nitrogen and oxygen atoms in total. The molecule has 276 valence electrons. The summed E-state index contributed by atoms with van der Waals surface area (Å²) < 4.78 is 22.4. The first-order valence-corrected chi connectivity index (χ1v) is 19.1. The standard InChI is InChI=1S/C40H35N2O10PS/c1-26(43)49-25-30-22-35(51-27(2)44)36(52-30)23-34-37(45)41(39(34)54)38(40(46)50-24-28-18-20-29(21-19-28)42(47)48)53(31-12-6-3-7-13-31,32-14-8-4-9-15-32)33-16-10-5-11-17-33/h3-22,34,39,54H,23-25H2,1-2H3. The van der Waals surface area contributed by atoms with E-state index in [1.807, 2.05) is 91.0 Å². The van der Waals surface area contributed by atoms with Crippen LogP contribution in [0.2, 0.25) is 0 Å². The monoisotopic (exact) mass is 766 g/mol. The van der Waals surface area contributed by atoms with Crippen molar-refractivity contribution in [2.24, 2.45) is 5.92 Å². The zero-order chi connectivity index (χ0) is 38.4. The molecule has 2 atom stereocenters. The number of rotatable bonds is 13. The normalized spacial score (nSPS) is 15.2. The van der Waals surface area contributed by atoms with Gasteiger partial charge in [-0.05, 0) is 33.6 Å². The minimum absolute atomic E-state index is 0.0508. The number of nitro benzene ring substituents is 1. The predicted molar refractivity (Wildman–Crippen MR) is 205 cm³/mol. The number of nitro groups is 1. The van der Waals surface area contributed by atoms with Gasteiger partial charge in [-0.25, -0.2) is 4.79 Å². The third kappa shape index (κ3) is 7.73. The summed E-state index contributed by atoms with van der Waals surface area (Å²) in [4.78, 5) is 65.0. The number of hydrogen-bond donors (Lipinski definition) is 1. The summed E-state index contributed by atoms with van der Waals surface area (Å²) in [5.74, 6) is -2.76. The van der Waals surface area contributed by atoms with Crippen molar-refractivity contribution >= 4 is 70.3 Å². The molecule has 0 N–H and O–H groups in total. The van der Waals surface area contributed by atoms with Crippen molar-refractivity contribution in [2.75, 3.05) is 0 Å². The van der Waals surface area contributed by atoms with E-state index in [1.165, 1.54) is 49.1 Å². The van der Waals surface area contributed by atoms with Crippen molar-refractivity contribution in [3.8, 4) is 5.75 Å². The number of carbonyl (C=O) groups excluding carboxylic acids is 4. The maximum absolute atomic E-state index is 14.9. The largest absolute Gasteiger partial charge is 0.458 e. The number of ether oxygens (including phenoxy) is 3. The van der Waals surface area contributed by atoms with Gasteiger partial charge in [-0.15, -0.1) is 0 Å². The van der Waals surface area contributed by atoms with Crippen LogP contribution in [0.3, 0.4) is 0 Å². The quantitative estimate of drug-likeness (QED) is 0.0417. The smallest absolute Gasteiger partial charge is 0.356 e. The van der Waals surface area contributed by atoms with Gasteiger partial charge in [0.05, 0.1) is 16.2 Å². The SMILES string of the molecule is CC(=O)OCc1cc(OC(C)=O)c(CC2C(=O)N(C(C(=O)OCc3ccc([N+](=O)[O-])cc3)=P(c3ccccc3)(c3ccccc3)c3ccccc3)C2S)o1. The molecule has 1 aliphatic rings. The average Bonchev–Trinajstić information content (AvgIpc) is 3.56. The Hall–Kier alpha value is -5.91. The van der Waals surface area contributed by atoms with E-state index in [4.69, 9.17) is 31.3 Å². The second-order valence-electron chi connectivity index (χ2n) is 12.3. The molecule has 2 unspecified atom stereocenters. The first kappa shape index (κ1) is 37.8. The first-order valence-electron chi connectivity index (χ1n) is 16.8. The zero-order valence-corrected chi connectivity index (χ0v) is 31.0. The number of furan rings is 1. The topological polar surface area (TPSA) is 155 Å². The molecule has 2 heterocycles. The van der Waals surface area contributed by atoms with Crippen molar-refractivity contribution in [1.29, 1.82) is 0 Å². The zero-order valence-electron chi connectivity index (χ0n) is 29.2. The highest BCUT2D eigenvalue weighted by atomic mass is 32.1.